The predicted molar refractivity (Wildman–Crippen MR) is 170 cm³/mol. The molecule has 2 aromatic heterocycles. The van der Waals surface area contributed by atoms with E-state index < -0.39 is 29.2 Å². The minimum absolute atomic E-state index is 0.0153. The minimum Gasteiger partial charge on any atom is -0.468 e. The Morgan fingerprint density at radius 1 is 1.00 bits per heavy atom. The van der Waals surface area contributed by atoms with E-state index in [4.69, 9.17) is 19.2 Å². The third kappa shape index (κ3) is 5.30. The van der Waals surface area contributed by atoms with E-state index in [1.165, 1.54) is 31.5 Å². The lowest BCUT2D eigenvalue weighted by molar-refractivity contribution is -0.0396. The summed E-state index contributed by atoms with van der Waals surface area (Å²) in [4.78, 5) is 18.0. The second-order valence-corrected chi connectivity index (χ2v) is 13.9. The summed E-state index contributed by atoms with van der Waals surface area (Å²) in [6.45, 7) is 2.46. The highest BCUT2D eigenvalue weighted by molar-refractivity contribution is 6.00. The Labute approximate surface area is 274 Å². The molecule has 9 nitrogen and oxygen atoms in total. The van der Waals surface area contributed by atoms with Gasteiger partial charge in [-0.05, 0) is 74.1 Å². The van der Waals surface area contributed by atoms with Crippen LogP contribution in [0.5, 0.6) is 11.8 Å². The molecule has 4 aliphatic rings. The van der Waals surface area contributed by atoms with Crippen molar-refractivity contribution in [2.75, 3.05) is 51.6 Å². The van der Waals surface area contributed by atoms with Gasteiger partial charge in [-0.15, -0.1) is 0 Å². The van der Waals surface area contributed by atoms with Crippen molar-refractivity contribution < 1.29 is 36.9 Å². The summed E-state index contributed by atoms with van der Waals surface area (Å²) in [7, 11) is 1.45. The number of anilines is 1. The van der Waals surface area contributed by atoms with E-state index in [0.29, 0.717) is 50.1 Å². The van der Waals surface area contributed by atoms with Crippen molar-refractivity contribution in [3.05, 3.63) is 47.9 Å². The van der Waals surface area contributed by atoms with Crippen LogP contribution in [0.1, 0.15) is 44.9 Å². The maximum atomic E-state index is 16.9. The summed E-state index contributed by atoms with van der Waals surface area (Å²) >= 11 is 0. The second kappa shape index (κ2) is 12.0. The number of benzene rings is 2. The number of aromatic nitrogens is 3. The summed E-state index contributed by atoms with van der Waals surface area (Å²) < 4.78 is 78.2. The van der Waals surface area contributed by atoms with Crippen LogP contribution in [0.25, 0.3) is 32.9 Å². The Kier molecular flexibility index (Phi) is 7.84. The van der Waals surface area contributed by atoms with Gasteiger partial charge in [0.15, 0.2) is 24.2 Å². The third-order valence-electron chi connectivity index (χ3n) is 10.8. The number of pyridine rings is 1. The summed E-state index contributed by atoms with van der Waals surface area (Å²) in [5.74, 6) is -2.38. The Morgan fingerprint density at radius 2 is 1.83 bits per heavy atom. The molecule has 254 valence electrons. The first-order valence-corrected chi connectivity index (χ1v) is 16.5. The van der Waals surface area contributed by atoms with Gasteiger partial charge < -0.3 is 24.2 Å². The van der Waals surface area contributed by atoms with Crippen molar-refractivity contribution in [3.8, 4) is 23.0 Å². The van der Waals surface area contributed by atoms with Gasteiger partial charge in [0.1, 0.15) is 35.6 Å². The molecule has 13 heteroatoms. The molecule has 2 atom stereocenters. The molecule has 0 bridgehead atoms. The highest BCUT2D eigenvalue weighted by Gasteiger charge is 2.50. The summed E-state index contributed by atoms with van der Waals surface area (Å²) in [6.07, 6.45) is 5.45. The molecule has 1 aliphatic carbocycles. The van der Waals surface area contributed by atoms with E-state index in [2.05, 4.69) is 19.8 Å². The number of nitrogens with zero attached hydrogens (tertiary/aromatic N) is 5. The van der Waals surface area contributed by atoms with Gasteiger partial charge in [-0.1, -0.05) is 6.07 Å². The zero-order chi connectivity index (χ0) is 33.2. The molecule has 4 aromatic rings. The number of halogens is 4. The van der Waals surface area contributed by atoms with Gasteiger partial charge in [0.25, 0.3) is 0 Å². The monoisotopic (exact) mass is 667 g/mol. The lowest BCUT2D eigenvalue weighted by atomic mass is 9.62. The molecule has 1 spiro atoms. The Bertz CT molecular complexity index is 1890. The Hall–Kier alpha value is -3.81. The normalized spacial score (nSPS) is 27.2. The van der Waals surface area contributed by atoms with Gasteiger partial charge in [-0.2, -0.15) is 9.97 Å². The first-order valence-electron chi connectivity index (χ1n) is 16.5. The van der Waals surface area contributed by atoms with Gasteiger partial charge >= 0.3 is 6.01 Å². The van der Waals surface area contributed by atoms with Crippen LogP contribution < -0.4 is 14.4 Å². The maximum Gasteiger partial charge on any atom is 0.319 e. The quantitative estimate of drug-likeness (QED) is 0.181. The van der Waals surface area contributed by atoms with E-state index in [1.54, 1.807) is 0 Å². The number of hydrogen-bond acceptors (Lipinski definition) is 9. The maximum absolute atomic E-state index is 16.9. The van der Waals surface area contributed by atoms with Crippen LogP contribution >= 0.6 is 0 Å². The van der Waals surface area contributed by atoms with E-state index in [0.717, 1.165) is 38.3 Å². The Morgan fingerprint density at radius 3 is 2.65 bits per heavy atom. The van der Waals surface area contributed by atoms with Crippen molar-refractivity contribution >= 4 is 27.5 Å². The second-order valence-electron chi connectivity index (χ2n) is 13.9. The molecule has 1 N–H and O–H groups in total. The number of aliphatic hydroxyl groups is 1. The van der Waals surface area contributed by atoms with Gasteiger partial charge in [-0.25, -0.2) is 17.6 Å². The molecule has 48 heavy (non-hydrogen) atoms. The fourth-order valence-corrected chi connectivity index (χ4v) is 8.59. The third-order valence-corrected chi connectivity index (χ3v) is 10.8. The van der Waals surface area contributed by atoms with Crippen molar-refractivity contribution in [3.63, 3.8) is 0 Å². The highest BCUT2D eigenvalue weighted by Crippen LogP contribution is 2.49. The Balaban J connectivity index is 1.26. The molecule has 4 fully saturated rings. The summed E-state index contributed by atoms with van der Waals surface area (Å²) in [5.41, 5.74) is -0.881. The average Bonchev–Trinajstić information content (AvgIpc) is 3.59. The van der Waals surface area contributed by atoms with Crippen LogP contribution in [0.3, 0.4) is 0 Å². The number of aliphatic hydroxyl groups excluding tert-OH is 1. The molecule has 2 aromatic carbocycles. The van der Waals surface area contributed by atoms with E-state index in [1.807, 2.05) is 0 Å². The highest BCUT2D eigenvalue weighted by atomic mass is 19.2. The van der Waals surface area contributed by atoms with Crippen molar-refractivity contribution in [2.45, 2.75) is 62.8 Å². The number of methoxy groups -OCH3 is 1. The number of hydrogen-bond donors (Lipinski definition) is 1. The molecular formula is C35H37F4N5O4. The zero-order valence-electron chi connectivity index (χ0n) is 26.7. The fraction of sp³-hybridized carbons (Fsp3) is 0.514. The van der Waals surface area contributed by atoms with Gasteiger partial charge in [0.2, 0.25) is 0 Å². The van der Waals surface area contributed by atoms with Gasteiger partial charge in [0, 0.05) is 50.3 Å². The molecule has 0 radical (unpaired) electrons. The zero-order valence-corrected chi connectivity index (χ0v) is 26.7. The largest absolute Gasteiger partial charge is 0.468 e. The van der Waals surface area contributed by atoms with Crippen LogP contribution in [0.4, 0.5) is 23.4 Å². The summed E-state index contributed by atoms with van der Waals surface area (Å²) in [5, 5.41) is 10.6. The molecular weight excluding hydrogens is 630 g/mol. The number of alkyl halides is 1. The van der Waals surface area contributed by atoms with E-state index in [9.17, 15) is 13.9 Å². The van der Waals surface area contributed by atoms with E-state index in [-0.39, 0.29) is 64.2 Å². The van der Waals surface area contributed by atoms with Crippen molar-refractivity contribution in [1.29, 1.82) is 0 Å². The van der Waals surface area contributed by atoms with Crippen LogP contribution in [0.15, 0.2) is 30.5 Å². The number of ether oxygens (including phenoxy) is 3. The number of piperidine rings is 1. The average molecular weight is 668 g/mol. The van der Waals surface area contributed by atoms with Gasteiger partial charge in [0.05, 0.1) is 17.0 Å². The molecule has 3 saturated heterocycles. The minimum atomic E-state index is -1.14. The van der Waals surface area contributed by atoms with Crippen LogP contribution in [0, 0.1) is 22.9 Å². The van der Waals surface area contributed by atoms with Crippen LogP contribution in [-0.2, 0) is 4.74 Å². The lowest BCUT2D eigenvalue weighted by Crippen LogP contribution is -2.52. The SMILES string of the molecule is COCOc1cc(-c2ncc3c(N4CCCC5(CC(O)C5)C4)nc(OC[C@@]45CCCN4C[C@H](F)C5)nc3c2F)c2c(F)c(F)ccc2c1. The summed E-state index contributed by atoms with van der Waals surface area (Å²) in [6, 6.07) is 5.26. The first kappa shape index (κ1) is 31.5. The van der Waals surface area contributed by atoms with Crippen LogP contribution in [0.2, 0.25) is 0 Å². The van der Waals surface area contributed by atoms with Crippen molar-refractivity contribution in [1.82, 2.24) is 19.9 Å². The standard InChI is InChI=1S/C35H37F4N5O4/c1-46-19-48-23-10-20-4-5-26(37)28(38)27(20)24(11-23)30-29(39)31-25(15-40-30)32(43-8-2-6-34(17-43)13-22(45)14-34)42-33(41-31)47-18-35-7-3-9-44(35)16-21(36)12-35/h4-5,10-11,15,21-22,45H,2-3,6-9,12-14,16-19H2,1H3/t21-,22?,34?,35+/m1/s1. The van der Waals surface area contributed by atoms with Crippen molar-refractivity contribution in [2.24, 2.45) is 5.41 Å². The topological polar surface area (TPSA) is 93.1 Å². The molecule has 5 heterocycles. The molecule has 3 aliphatic heterocycles. The van der Waals surface area contributed by atoms with E-state index >= 15 is 8.78 Å². The predicted octanol–water partition coefficient (Wildman–Crippen LogP) is 5.94. The van der Waals surface area contributed by atoms with Crippen LogP contribution in [-0.4, -0.2) is 89.5 Å². The van der Waals surface area contributed by atoms with Gasteiger partial charge in [-0.3, -0.25) is 9.88 Å². The number of rotatable bonds is 8. The first-order chi connectivity index (χ1) is 23.2. The molecule has 8 rings (SSSR count). The molecule has 0 unspecified atom stereocenters. The smallest absolute Gasteiger partial charge is 0.319 e. The number of fused-ring (bicyclic) bond motifs is 3. The lowest BCUT2D eigenvalue weighted by Gasteiger charge is -2.51. The molecule has 1 saturated carbocycles. The fourth-order valence-electron chi connectivity index (χ4n) is 8.59. The molecule has 0 amide bonds.